The molecular weight excluding hydrogens is 714 g/mol. The first kappa shape index (κ1) is 48.6. The number of rotatable bonds is 21. The van der Waals surface area contributed by atoms with E-state index in [2.05, 4.69) is 16.0 Å². The monoisotopic (exact) mass is 788 g/mol. The average molecular weight is 788 g/mol. The molecule has 3 rings (SSSR count). The normalized spacial score (nSPS) is 20.1. The van der Waals surface area contributed by atoms with E-state index < -0.39 is 60.2 Å². The number of ether oxygens (including phenoxy) is 2. The number of hydrogen-bond donors (Lipinski definition) is 4. The Morgan fingerprint density at radius 2 is 1.50 bits per heavy atom. The highest BCUT2D eigenvalue weighted by molar-refractivity contribution is 5.90. The summed E-state index contributed by atoms with van der Waals surface area (Å²) in [6.45, 7) is 18.0. The molecule has 1 aromatic carbocycles. The average Bonchev–Trinajstić information content (AvgIpc) is 3.83. The van der Waals surface area contributed by atoms with Gasteiger partial charge in [0.25, 0.3) is 0 Å². The van der Waals surface area contributed by atoms with Gasteiger partial charge in [-0.1, -0.05) is 99.1 Å². The zero-order valence-electron chi connectivity index (χ0n) is 36.4. The predicted molar refractivity (Wildman–Crippen MR) is 219 cm³/mol. The van der Waals surface area contributed by atoms with E-state index in [4.69, 9.17) is 9.47 Å². The van der Waals surface area contributed by atoms with Crippen LogP contribution in [0.2, 0.25) is 0 Å². The van der Waals surface area contributed by atoms with E-state index in [1.807, 2.05) is 90.6 Å². The number of hydrogen-bond acceptors (Lipinski definition) is 8. The molecule has 1 heterocycles. The van der Waals surface area contributed by atoms with Crippen LogP contribution in [-0.2, 0) is 39.9 Å². The van der Waals surface area contributed by atoms with Crippen molar-refractivity contribution in [3.63, 3.8) is 0 Å². The topological polar surface area (TPSA) is 167 Å². The van der Waals surface area contributed by atoms with Crippen molar-refractivity contribution in [2.24, 2.45) is 29.1 Å². The summed E-state index contributed by atoms with van der Waals surface area (Å²) in [6.07, 6.45) is 2.13. The third kappa shape index (κ3) is 12.5. The van der Waals surface area contributed by atoms with Gasteiger partial charge >= 0.3 is 5.97 Å². The Morgan fingerprint density at radius 3 is 1.96 bits per heavy atom. The van der Waals surface area contributed by atoms with Gasteiger partial charge in [0, 0.05) is 34.2 Å². The van der Waals surface area contributed by atoms with E-state index in [1.54, 1.807) is 33.0 Å². The Morgan fingerprint density at radius 1 is 0.911 bits per heavy atom. The van der Waals surface area contributed by atoms with Crippen molar-refractivity contribution in [2.45, 2.75) is 143 Å². The smallest absolute Gasteiger partial charge is 0.326 e. The molecule has 4 amide bonds. The van der Waals surface area contributed by atoms with Crippen LogP contribution >= 0.6 is 0 Å². The number of amides is 4. The van der Waals surface area contributed by atoms with Crippen LogP contribution in [0.3, 0.4) is 0 Å². The zero-order valence-corrected chi connectivity index (χ0v) is 36.4. The molecule has 1 aliphatic heterocycles. The summed E-state index contributed by atoms with van der Waals surface area (Å²) in [7, 11) is 6.52. The quantitative estimate of drug-likeness (QED) is 0.140. The number of likely N-dealkylation sites (tertiary alicyclic amines) is 1. The lowest BCUT2D eigenvalue weighted by Gasteiger charge is -2.41. The number of nitrogens with zero attached hydrogens (tertiary/aromatic N) is 2. The Balaban J connectivity index is 0.00000532. The maximum absolute atomic E-state index is 14.4. The number of likely N-dealkylation sites (N-methyl/N-ethyl adjacent to an activating group) is 2. The molecule has 1 aromatic rings. The first-order chi connectivity index (χ1) is 26.4. The molecule has 0 aromatic heterocycles. The van der Waals surface area contributed by atoms with Gasteiger partial charge < -0.3 is 40.3 Å². The second kappa shape index (κ2) is 22.4. The molecule has 0 bridgehead atoms. The standard InChI is InChI=1S/C41H67N5O8.C2H6/c1-12-26(6)35(45(9)39(50)34(25(4)5)44-38(49)33(42-8)24(2)3)31(53-10)21-32(47)46-23-41(18-19-41)22-30(46)36(54-11)27(7)37(48)43-29(40(51)52)20-28-16-14-13-15-17-28;1-2/h13-17,24-27,29-31,33-36,42H,12,18-23H2,1-11H3,(H,43,48)(H,44,49)(H,51,52);1-2H3/t26?,27?,29?,30?,31?,33?,34-,35?,36?;/m0./s1. The third-order valence-electron chi connectivity index (χ3n) is 11.9. The van der Waals surface area contributed by atoms with E-state index >= 15 is 0 Å². The summed E-state index contributed by atoms with van der Waals surface area (Å²) >= 11 is 0. The van der Waals surface area contributed by atoms with Crippen LogP contribution in [-0.4, -0.2) is 122 Å². The maximum Gasteiger partial charge on any atom is 0.326 e. The van der Waals surface area contributed by atoms with Gasteiger partial charge in [0.1, 0.15) is 12.1 Å². The fraction of sp³-hybridized carbons (Fsp3) is 0.744. The lowest BCUT2D eigenvalue weighted by Crippen LogP contribution is -2.59. The number of carboxylic acids is 1. The van der Waals surface area contributed by atoms with Crippen LogP contribution < -0.4 is 16.0 Å². The summed E-state index contributed by atoms with van der Waals surface area (Å²) < 4.78 is 12.0. The minimum Gasteiger partial charge on any atom is -0.480 e. The fourth-order valence-corrected chi connectivity index (χ4v) is 8.16. The molecule has 8 unspecified atom stereocenters. The second-order valence-electron chi connectivity index (χ2n) is 16.4. The van der Waals surface area contributed by atoms with Crippen LogP contribution in [0.15, 0.2) is 30.3 Å². The molecule has 1 spiro atoms. The number of carbonyl (C=O) groups is 5. The summed E-state index contributed by atoms with van der Waals surface area (Å²) in [6, 6.07) is 5.88. The van der Waals surface area contributed by atoms with Crippen molar-refractivity contribution in [3.05, 3.63) is 35.9 Å². The third-order valence-corrected chi connectivity index (χ3v) is 11.9. The van der Waals surface area contributed by atoms with Crippen molar-refractivity contribution >= 4 is 29.6 Å². The summed E-state index contributed by atoms with van der Waals surface area (Å²) in [5.41, 5.74) is 0.748. The molecule has 1 saturated heterocycles. The number of methoxy groups -OCH3 is 2. The molecule has 56 heavy (non-hydrogen) atoms. The van der Waals surface area contributed by atoms with Crippen LogP contribution in [0.1, 0.15) is 100.0 Å². The fourth-order valence-electron chi connectivity index (χ4n) is 8.16. The van der Waals surface area contributed by atoms with Crippen molar-refractivity contribution in [1.82, 2.24) is 25.8 Å². The summed E-state index contributed by atoms with van der Waals surface area (Å²) in [5, 5.41) is 18.7. The number of nitrogens with one attached hydrogen (secondary N) is 3. The molecule has 13 heteroatoms. The van der Waals surface area contributed by atoms with Crippen molar-refractivity contribution in [1.29, 1.82) is 0 Å². The molecule has 4 N–H and O–H groups in total. The van der Waals surface area contributed by atoms with Crippen LogP contribution in [0, 0.1) is 29.1 Å². The Hall–Kier alpha value is -3.55. The largest absolute Gasteiger partial charge is 0.480 e. The highest BCUT2D eigenvalue weighted by atomic mass is 16.5. The Labute approximate surface area is 336 Å². The van der Waals surface area contributed by atoms with Gasteiger partial charge in [0.05, 0.1) is 42.7 Å². The molecule has 2 aliphatic rings. The van der Waals surface area contributed by atoms with Gasteiger partial charge in [0.15, 0.2) is 0 Å². The number of carbonyl (C=O) groups excluding carboxylic acids is 4. The molecule has 1 aliphatic carbocycles. The molecule has 13 nitrogen and oxygen atoms in total. The first-order valence-electron chi connectivity index (χ1n) is 20.6. The molecule has 0 radical (unpaired) electrons. The molecule has 318 valence electrons. The van der Waals surface area contributed by atoms with E-state index in [0.29, 0.717) is 13.0 Å². The molecule has 9 atom stereocenters. The SMILES string of the molecule is CC.CCC(C)C(C(CC(=O)N1CC2(CC2)CC1C(OC)C(C)C(=O)NC(Cc1ccccc1)C(=O)O)OC)N(C)C(=O)[C@@H](NC(=O)C(NC)C(C)C)C(C)C. The summed E-state index contributed by atoms with van der Waals surface area (Å²) in [4.78, 5) is 71.1. The van der Waals surface area contributed by atoms with E-state index in [9.17, 15) is 29.1 Å². The van der Waals surface area contributed by atoms with Crippen LogP contribution in [0.4, 0.5) is 0 Å². The van der Waals surface area contributed by atoms with Gasteiger partial charge in [-0.3, -0.25) is 19.2 Å². The number of carboxylic acid groups (broad SMARTS) is 1. The highest BCUT2D eigenvalue weighted by Crippen LogP contribution is 2.56. The van der Waals surface area contributed by atoms with Crippen LogP contribution in [0.5, 0.6) is 0 Å². The Bertz CT molecular complexity index is 1420. The van der Waals surface area contributed by atoms with Crippen LogP contribution in [0.25, 0.3) is 0 Å². The summed E-state index contributed by atoms with van der Waals surface area (Å²) in [5.74, 6) is -3.21. The van der Waals surface area contributed by atoms with Crippen molar-refractivity contribution in [3.8, 4) is 0 Å². The molecule has 2 fully saturated rings. The second-order valence-corrected chi connectivity index (χ2v) is 16.4. The lowest BCUT2D eigenvalue weighted by atomic mass is 9.89. The van der Waals surface area contributed by atoms with E-state index in [-0.39, 0.29) is 53.7 Å². The minimum atomic E-state index is -1.13. The maximum atomic E-state index is 14.4. The van der Waals surface area contributed by atoms with Crippen molar-refractivity contribution < 1.29 is 38.6 Å². The van der Waals surface area contributed by atoms with Crippen molar-refractivity contribution in [2.75, 3.05) is 34.9 Å². The van der Waals surface area contributed by atoms with Gasteiger partial charge in [-0.2, -0.15) is 0 Å². The number of aliphatic carboxylic acids is 1. The molecular formula is C43H73N5O8. The van der Waals surface area contributed by atoms with Gasteiger partial charge in [0.2, 0.25) is 23.6 Å². The van der Waals surface area contributed by atoms with E-state index in [0.717, 1.165) is 24.8 Å². The first-order valence-corrected chi connectivity index (χ1v) is 20.6. The van der Waals surface area contributed by atoms with Gasteiger partial charge in [-0.05, 0) is 55.0 Å². The van der Waals surface area contributed by atoms with Gasteiger partial charge in [-0.15, -0.1) is 0 Å². The lowest BCUT2D eigenvalue weighted by molar-refractivity contribution is -0.148. The van der Waals surface area contributed by atoms with E-state index in [1.165, 1.54) is 7.11 Å². The van der Waals surface area contributed by atoms with Gasteiger partial charge in [-0.25, -0.2) is 4.79 Å². The predicted octanol–water partition coefficient (Wildman–Crippen LogP) is 4.52. The Kier molecular flexibility index (Phi) is 19.4. The number of benzene rings is 1. The minimum absolute atomic E-state index is 0.00123. The zero-order chi connectivity index (χ0) is 42.5. The molecule has 1 saturated carbocycles. The highest BCUT2D eigenvalue weighted by Gasteiger charge is 2.56.